The summed E-state index contributed by atoms with van der Waals surface area (Å²) in [5.41, 5.74) is 15.3. The zero-order chi connectivity index (χ0) is 25.8. The van der Waals surface area contributed by atoms with Crippen LogP contribution in [-0.2, 0) is 9.53 Å². The van der Waals surface area contributed by atoms with Crippen molar-refractivity contribution in [3.63, 3.8) is 0 Å². The van der Waals surface area contributed by atoms with Gasteiger partial charge in [0.15, 0.2) is 0 Å². The largest absolute Gasteiger partial charge is 0.469 e. The Morgan fingerprint density at radius 3 is 2.31 bits per heavy atom. The molecule has 0 aromatic heterocycles. The number of carbonyl (C=O) groups excluding carboxylic acids is 1. The predicted molar refractivity (Wildman–Crippen MR) is 142 cm³/mol. The number of allylic oxidation sites excluding steroid dienone is 2. The van der Waals surface area contributed by atoms with E-state index in [2.05, 4.69) is 54.5 Å². The Bertz CT molecular complexity index is 927. The van der Waals surface area contributed by atoms with Gasteiger partial charge in [-0.15, -0.1) is 0 Å². The van der Waals surface area contributed by atoms with Gasteiger partial charge in [0.05, 0.1) is 12.5 Å². The molecule has 4 nitrogen and oxygen atoms in total. The van der Waals surface area contributed by atoms with Gasteiger partial charge < -0.3 is 16.2 Å². The van der Waals surface area contributed by atoms with Crippen molar-refractivity contribution in [1.82, 2.24) is 0 Å². The molecule has 5 rings (SSSR count). The van der Waals surface area contributed by atoms with Gasteiger partial charge >= 0.3 is 5.97 Å². The van der Waals surface area contributed by atoms with Crippen LogP contribution in [0.3, 0.4) is 0 Å². The fourth-order valence-corrected chi connectivity index (χ4v) is 11.3. The fourth-order valence-electron chi connectivity index (χ4n) is 11.3. The van der Waals surface area contributed by atoms with Crippen LogP contribution in [0.5, 0.6) is 0 Å². The molecule has 5 aliphatic carbocycles. The second kappa shape index (κ2) is 7.82. The second-order valence-electron chi connectivity index (χ2n) is 15.0. The summed E-state index contributed by atoms with van der Waals surface area (Å²) in [6.07, 6.45) is 11.4. The number of nitrogens with two attached hydrogens (primary N) is 2. The highest BCUT2D eigenvalue weighted by Crippen LogP contribution is 2.75. The topological polar surface area (TPSA) is 78.3 Å². The molecule has 0 unspecified atom stereocenters. The first-order valence-corrected chi connectivity index (χ1v) is 14.5. The smallest absolute Gasteiger partial charge is 0.312 e. The highest BCUT2D eigenvalue weighted by molar-refractivity contribution is 5.78. The van der Waals surface area contributed by atoms with Crippen molar-refractivity contribution in [2.45, 2.75) is 112 Å². The quantitative estimate of drug-likeness (QED) is 0.349. The van der Waals surface area contributed by atoms with E-state index >= 15 is 0 Å². The molecular formula is C31H52N2O2. The molecule has 4 fully saturated rings. The molecule has 0 amide bonds. The maximum atomic E-state index is 13.4. The Morgan fingerprint density at radius 1 is 0.971 bits per heavy atom. The van der Waals surface area contributed by atoms with Crippen LogP contribution in [0.1, 0.15) is 99.8 Å². The maximum Gasteiger partial charge on any atom is 0.312 e. The lowest BCUT2D eigenvalue weighted by atomic mass is 9.33. The van der Waals surface area contributed by atoms with E-state index in [0.29, 0.717) is 29.6 Å². The SMILES string of the molecule is COC(=O)[C@]12CC[C@@H](C)[C@H](C)[C@H]1C1=CC[C@@H]3[C@@]4(C)C[C@@H](N)[C@H](N)C(C)(C)[C@@H]4CC[C@@]3(C)[C@]1(C)CC2. The monoisotopic (exact) mass is 484 g/mol. The molecule has 0 aliphatic heterocycles. The first kappa shape index (κ1) is 25.8. The van der Waals surface area contributed by atoms with Crippen LogP contribution in [0.4, 0.5) is 0 Å². The van der Waals surface area contributed by atoms with Gasteiger partial charge in [-0.25, -0.2) is 0 Å². The molecule has 4 saturated carbocycles. The summed E-state index contributed by atoms with van der Waals surface area (Å²) in [5.74, 6) is 2.69. The molecule has 0 aromatic rings. The summed E-state index contributed by atoms with van der Waals surface area (Å²) >= 11 is 0. The van der Waals surface area contributed by atoms with E-state index in [1.165, 1.54) is 12.8 Å². The summed E-state index contributed by atoms with van der Waals surface area (Å²) < 4.78 is 5.52. The van der Waals surface area contributed by atoms with Crippen LogP contribution in [0.2, 0.25) is 0 Å². The first-order chi connectivity index (χ1) is 16.2. The van der Waals surface area contributed by atoms with E-state index in [0.717, 1.165) is 38.5 Å². The van der Waals surface area contributed by atoms with Crippen LogP contribution in [-0.4, -0.2) is 25.2 Å². The summed E-state index contributed by atoms with van der Waals surface area (Å²) in [6, 6.07) is 0.125. The van der Waals surface area contributed by atoms with Crippen LogP contribution in [0, 0.1) is 56.7 Å². The van der Waals surface area contributed by atoms with E-state index in [-0.39, 0.29) is 45.1 Å². The van der Waals surface area contributed by atoms with E-state index in [9.17, 15) is 4.79 Å². The lowest BCUT2D eigenvalue weighted by molar-refractivity contribution is -0.194. The Morgan fingerprint density at radius 2 is 1.66 bits per heavy atom. The highest BCUT2D eigenvalue weighted by Gasteiger charge is 2.70. The molecule has 0 heterocycles. The number of rotatable bonds is 1. The molecule has 4 N–H and O–H groups in total. The molecule has 11 atom stereocenters. The molecular weight excluding hydrogens is 432 g/mol. The van der Waals surface area contributed by atoms with Crippen molar-refractivity contribution in [3.05, 3.63) is 11.6 Å². The van der Waals surface area contributed by atoms with E-state index in [1.54, 1.807) is 12.7 Å². The predicted octanol–water partition coefficient (Wildman–Crippen LogP) is 6.08. The Balaban J connectivity index is 1.62. The van der Waals surface area contributed by atoms with Crippen molar-refractivity contribution in [3.8, 4) is 0 Å². The lowest BCUT2D eigenvalue weighted by Crippen LogP contribution is -2.69. The Hall–Kier alpha value is -0.870. The average Bonchev–Trinajstić information content (AvgIpc) is 2.79. The lowest BCUT2D eigenvalue weighted by Gasteiger charge is -2.72. The van der Waals surface area contributed by atoms with E-state index in [4.69, 9.17) is 16.2 Å². The van der Waals surface area contributed by atoms with Crippen LogP contribution >= 0.6 is 0 Å². The van der Waals surface area contributed by atoms with Crippen molar-refractivity contribution < 1.29 is 9.53 Å². The molecule has 0 radical (unpaired) electrons. The molecule has 0 saturated heterocycles. The molecule has 198 valence electrons. The normalized spacial score (nSPS) is 54.9. The minimum atomic E-state index is -0.335. The van der Waals surface area contributed by atoms with Crippen LogP contribution < -0.4 is 11.5 Å². The maximum absolute atomic E-state index is 13.4. The van der Waals surface area contributed by atoms with Gasteiger partial charge in [0, 0.05) is 12.1 Å². The molecule has 4 heteroatoms. The van der Waals surface area contributed by atoms with Crippen molar-refractivity contribution in [2.24, 2.45) is 68.1 Å². The van der Waals surface area contributed by atoms with Crippen LogP contribution in [0.25, 0.3) is 0 Å². The van der Waals surface area contributed by atoms with E-state index in [1.807, 2.05) is 0 Å². The minimum absolute atomic E-state index is 0.0427. The van der Waals surface area contributed by atoms with Gasteiger partial charge in [-0.1, -0.05) is 60.1 Å². The van der Waals surface area contributed by atoms with Gasteiger partial charge in [-0.05, 0) is 103 Å². The number of fused-ring (bicyclic) bond motifs is 7. The van der Waals surface area contributed by atoms with Gasteiger partial charge in [0.1, 0.15) is 0 Å². The third-order valence-corrected chi connectivity index (χ3v) is 13.7. The second-order valence-corrected chi connectivity index (χ2v) is 15.0. The summed E-state index contributed by atoms with van der Waals surface area (Å²) in [6.45, 7) is 17.3. The van der Waals surface area contributed by atoms with E-state index < -0.39 is 0 Å². The molecule has 35 heavy (non-hydrogen) atoms. The third kappa shape index (κ3) is 3.02. The van der Waals surface area contributed by atoms with Crippen molar-refractivity contribution in [2.75, 3.05) is 7.11 Å². The fraction of sp³-hybridized carbons (Fsp3) is 0.903. The van der Waals surface area contributed by atoms with Gasteiger partial charge in [0.25, 0.3) is 0 Å². The third-order valence-electron chi connectivity index (χ3n) is 13.7. The minimum Gasteiger partial charge on any atom is -0.469 e. The Kier molecular flexibility index (Phi) is 5.76. The summed E-state index contributed by atoms with van der Waals surface area (Å²) in [5, 5.41) is 0. The highest BCUT2D eigenvalue weighted by atomic mass is 16.5. The van der Waals surface area contributed by atoms with Gasteiger partial charge in [-0.3, -0.25) is 4.79 Å². The summed E-state index contributed by atoms with van der Waals surface area (Å²) in [4.78, 5) is 13.4. The number of esters is 1. The van der Waals surface area contributed by atoms with Gasteiger partial charge in [-0.2, -0.15) is 0 Å². The molecule has 5 aliphatic rings. The van der Waals surface area contributed by atoms with Gasteiger partial charge in [0.2, 0.25) is 0 Å². The standard InChI is InChI=1S/C31H52N2O2/c1-18-11-14-31(26(34)35-8)16-15-29(6)20(24(31)19(18)2)9-10-23-28(5)17-21(32)25(33)27(3,4)22(28)12-13-30(23,29)7/h9,18-19,21-25H,10-17,32-33H2,1-8H3/t18-,19+,21-,22+,23-,24+,25+,28+,29-,30-,31+/m1/s1. The van der Waals surface area contributed by atoms with Crippen molar-refractivity contribution >= 4 is 5.97 Å². The summed E-state index contributed by atoms with van der Waals surface area (Å²) in [7, 11) is 1.60. The molecule has 0 aromatic carbocycles. The number of hydrogen-bond acceptors (Lipinski definition) is 4. The number of methoxy groups -OCH3 is 1. The first-order valence-electron chi connectivity index (χ1n) is 14.5. The Labute approximate surface area is 214 Å². The van der Waals surface area contributed by atoms with Crippen molar-refractivity contribution in [1.29, 1.82) is 0 Å². The zero-order valence-corrected chi connectivity index (χ0v) is 23.7. The molecule has 0 spiro atoms. The molecule has 0 bridgehead atoms. The number of ether oxygens (including phenoxy) is 1. The average molecular weight is 485 g/mol. The van der Waals surface area contributed by atoms with Crippen LogP contribution in [0.15, 0.2) is 11.6 Å². The zero-order valence-electron chi connectivity index (χ0n) is 23.7. The number of hydrogen-bond donors (Lipinski definition) is 2. The number of carbonyl (C=O) groups is 1.